The Hall–Kier alpha value is -3.55. The molecule has 170 valence electrons. The maximum atomic E-state index is 12.1. The maximum absolute atomic E-state index is 12.1. The van der Waals surface area contributed by atoms with Gasteiger partial charge in [-0.1, -0.05) is 53.5 Å². The summed E-state index contributed by atoms with van der Waals surface area (Å²) >= 11 is 12.1. The minimum absolute atomic E-state index is 0.232. The van der Waals surface area contributed by atoms with Gasteiger partial charge in [-0.25, -0.2) is 5.43 Å². The van der Waals surface area contributed by atoms with Gasteiger partial charge in [-0.2, -0.15) is 5.10 Å². The number of nitrogens with zero attached hydrogens (tertiary/aromatic N) is 1. The Bertz CT molecular complexity index is 1170. The number of para-hydroxylation sites is 3. The van der Waals surface area contributed by atoms with Gasteiger partial charge >= 0.3 is 0 Å². The fourth-order valence-corrected chi connectivity index (χ4v) is 3.28. The largest absolute Gasteiger partial charge is 0.495 e. The van der Waals surface area contributed by atoms with Crippen LogP contribution in [0.15, 0.2) is 71.8 Å². The molecule has 0 atom stereocenters. The van der Waals surface area contributed by atoms with Crippen LogP contribution in [0.1, 0.15) is 17.5 Å². The van der Waals surface area contributed by atoms with E-state index in [-0.39, 0.29) is 6.61 Å². The van der Waals surface area contributed by atoms with Crippen molar-refractivity contribution in [1.29, 1.82) is 0 Å². The third-order valence-corrected chi connectivity index (χ3v) is 5.00. The summed E-state index contributed by atoms with van der Waals surface area (Å²) in [6, 6.07) is 19.3. The van der Waals surface area contributed by atoms with Crippen molar-refractivity contribution in [3.63, 3.8) is 0 Å². The van der Waals surface area contributed by atoms with Gasteiger partial charge in [0, 0.05) is 21.2 Å². The average molecular weight is 486 g/mol. The molecule has 2 N–H and O–H groups in total. The topological polar surface area (TPSA) is 89.0 Å². The standard InChI is InChI=1S/C24H21Cl2N3O4/c1-32-22-9-5-3-7-20(22)28-23(30)13-24(31)29-27-14-16-6-2-4-8-21(16)33-15-17-10-11-18(25)12-19(17)26/h2-12,14H,13,15H2,1H3,(H,28,30)(H,29,31). The monoisotopic (exact) mass is 485 g/mol. The lowest BCUT2D eigenvalue weighted by molar-refractivity contribution is -0.126. The Kier molecular flexibility index (Phi) is 8.69. The number of hydrogen-bond acceptors (Lipinski definition) is 5. The Labute approximate surface area is 201 Å². The van der Waals surface area contributed by atoms with Crippen molar-refractivity contribution in [2.75, 3.05) is 12.4 Å². The molecule has 9 heteroatoms. The zero-order valence-electron chi connectivity index (χ0n) is 17.7. The zero-order chi connectivity index (χ0) is 23.6. The van der Waals surface area contributed by atoms with Crippen molar-refractivity contribution < 1.29 is 19.1 Å². The number of benzene rings is 3. The van der Waals surface area contributed by atoms with E-state index in [1.807, 2.05) is 12.1 Å². The van der Waals surface area contributed by atoms with Crippen molar-refractivity contribution in [3.8, 4) is 11.5 Å². The van der Waals surface area contributed by atoms with E-state index in [1.54, 1.807) is 54.6 Å². The number of methoxy groups -OCH3 is 1. The second kappa shape index (κ2) is 11.9. The quantitative estimate of drug-likeness (QED) is 0.251. The Morgan fingerprint density at radius 2 is 1.70 bits per heavy atom. The van der Waals surface area contributed by atoms with Crippen LogP contribution >= 0.6 is 23.2 Å². The summed E-state index contributed by atoms with van der Waals surface area (Å²) in [4.78, 5) is 24.2. The van der Waals surface area contributed by atoms with Gasteiger partial charge in [-0.3, -0.25) is 9.59 Å². The number of amides is 2. The first kappa shape index (κ1) is 24.1. The normalized spacial score (nSPS) is 10.6. The van der Waals surface area contributed by atoms with Gasteiger partial charge in [-0.15, -0.1) is 0 Å². The number of ether oxygens (including phenoxy) is 2. The van der Waals surface area contributed by atoms with E-state index in [2.05, 4.69) is 15.8 Å². The molecule has 7 nitrogen and oxygen atoms in total. The molecule has 0 heterocycles. The number of rotatable bonds is 9. The molecule has 3 rings (SSSR count). The van der Waals surface area contributed by atoms with Gasteiger partial charge in [0.2, 0.25) is 11.8 Å². The highest BCUT2D eigenvalue weighted by molar-refractivity contribution is 6.35. The summed E-state index contributed by atoms with van der Waals surface area (Å²) in [5.41, 5.74) is 4.24. The van der Waals surface area contributed by atoms with Crippen LogP contribution in [0.3, 0.4) is 0 Å². The summed E-state index contributed by atoms with van der Waals surface area (Å²) in [5, 5.41) is 7.61. The highest BCUT2D eigenvalue weighted by atomic mass is 35.5. The minimum atomic E-state index is -0.565. The summed E-state index contributed by atoms with van der Waals surface area (Å²) in [5.74, 6) is -0.00280. The van der Waals surface area contributed by atoms with Crippen LogP contribution in [0, 0.1) is 0 Å². The van der Waals surface area contributed by atoms with Crippen molar-refractivity contribution in [2.24, 2.45) is 5.10 Å². The summed E-state index contributed by atoms with van der Waals surface area (Å²) in [6.45, 7) is 0.232. The van der Waals surface area contributed by atoms with Crippen LogP contribution in [0.2, 0.25) is 10.0 Å². The van der Waals surface area contributed by atoms with Crippen LogP contribution in [-0.2, 0) is 16.2 Å². The zero-order valence-corrected chi connectivity index (χ0v) is 19.2. The number of hydrogen-bond donors (Lipinski definition) is 2. The number of anilines is 1. The van der Waals surface area contributed by atoms with Crippen molar-refractivity contribution in [3.05, 3.63) is 87.9 Å². The highest BCUT2D eigenvalue weighted by Crippen LogP contribution is 2.24. The molecular formula is C24H21Cl2N3O4. The second-order valence-corrected chi connectivity index (χ2v) is 7.62. The van der Waals surface area contributed by atoms with Crippen LogP contribution in [0.25, 0.3) is 0 Å². The molecular weight excluding hydrogens is 465 g/mol. The summed E-state index contributed by atoms with van der Waals surface area (Å²) in [6.07, 6.45) is 1.04. The Balaban J connectivity index is 1.54. The molecule has 0 radical (unpaired) electrons. The van der Waals surface area contributed by atoms with E-state index in [0.29, 0.717) is 32.8 Å². The van der Waals surface area contributed by atoms with Crippen molar-refractivity contribution >= 4 is 46.9 Å². The third kappa shape index (κ3) is 7.24. The fourth-order valence-electron chi connectivity index (χ4n) is 2.81. The van der Waals surface area contributed by atoms with Crippen molar-refractivity contribution in [2.45, 2.75) is 13.0 Å². The lowest BCUT2D eigenvalue weighted by Gasteiger charge is -2.10. The van der Waals surface area contributed by atoms with Crippen LogP contribution in [0.4, 0.5) is 5.69 Å². The Morgan fingerprint density at radius 1 is 0.970 bits per heavy atom. The average Bonchev–Trinajstić information content (AvgIpc) is 2.79. The molecule has 0 spiro atoms. The molecule has 0 aliphatic carbocycles. The first-order valence-corrected chi connectivity index (χ1v) is 10.6. The first-order chi connectivity index (χ1) is 16.0. The molecule has 0 saturated carbocycles. The molecule has 0 aliphatic heterocycles. The molecule has 0 fully saturated rings. The molecule has 0 bridgehead atoms. The van der Waals surface area contributed by atoms with E-state index < -0.39 is 18.2 Å². The Morgan fingerprint density at radius 3 is 2.45 bits per heavy atom. The lowest BCUT2D eigenvalue weighted by Crippen LogP contribution is -2.24. The predicted molar refractivity (Wildman–Crippen MR) is 129 cm³/mol. The molecule has 0 saturated heterocycles. The number of carbonyl (C=O) groups is 2. The predicted octanol–water partition coefficient (Wildman–Crippen LogP) is 5.06. The smallest absolute Gasteiger partial charge is 0.249 e. The van der Waals surface area contributed by atoms with Crippen molar-refractivity contribution in [1.82, 2.24) is 5.43 Å². The van der Waals surface area contributed by atoms with E-state index in [4.69, 9.17) is 32.7 Å². The number of hydrazone groups is 1. The van der Waals surface area contributed by atoms with Crippen LogP contribution in [-0.4, -0.2) is 25.1 Å². The van der Waals surface area contributed by atoms with E-state index in [9.17, 15) is 9.59 Å². The maximum Gasteiger partial charge on any atom is 0.249 e. The van der Waals surface area contributed by atoms with E-state index >= 15 is 0 Å². The number of halogens is 2. The van der Waals surface area contributed by atoms with Gasteiger partial charge in [0.05, 0.1) is 19.0 Å². The molecule has 3 aromatic rings. The van der Waals surface area contributed by atoms with Crippen LogP contribution < -0.4 is 20.2 Å². The van der Waals surface area contributed by atoms with Gasteiger partial charge in [-0.05, 0) is 36.4 Å². The SMILES string of the molecule is COc1ccccc1NC(=O)CC(=O)NN=Cc1ccccc1OCc1ccc(Cl)cc1Cl. The van der Waals surface area contributed by atoms with Gasteiger partial charge < -0.3 is 14.8 Å². The van der Waals surface area contributed by atoms with Gasteiger partial charge in [0.15, 0.2) is 0 Å². The molecule has 0 aromatic heterocycles. The highest BCUT2D eigenvalue weighted by Gasteiger charge is 2.11. The summed E-state index contributed by atoms with van der Waals surface area (Å²) in [7, 11) is 1.50. The second-order valence-electron chi connectivity index (χ2n) is 6.78. The molecule has 0 unspecified atom stereocenters. The van der Waals surface area contributed by atoms with E-state index in [1.165, 1.54) is 13.3 Å². The number of carbonyl (C=O) groups excluding carboxylic acids is 2. The van der Waals surface area contributed by atoms with Gasteiger partial charge in [0.1, 0.15) is 24.5 Å². The molecule has 33 heavy (non-hydrogen) atoms. The molecule has 0 aliphatic rings. The number of nitrogens with one attached hydrogen (secondary N) is 2. The third-order valence-electron chi connectivity index (χ3n) is 4.41. The summed E-state index contributed by atoms with van der Waals surface area (Å²) < 4.78 is 11.0. The van der Waals surface area contributed by atoms with Crippen LogP contribution in [0.5, 0.6) is 11.5 Å². The molecule has 2 amide bonds. The van der Waals surface area contributed by atoms with Gasteiger partial charge in [0.25, 0.3) is 0 Å². The molecule has 3 aromatic carbocycles. The minimum Gasteiger partial charge on any atom is -0.495 e. The fraction of sp³-hybridized carbons (Fsp3) is 0.125. The first-order valence-electron chi connectivity index (χ1n) is 9.87. The van der Waals surface area contributed by atoms with E-state index in [0.717, 1.165) is 5.56 Å². The lowest BCUT2D eigenvalue weighted by atomic mass is 10.2.